The van der Waals surface area contributed by atoms with Crippen LogP contribution in [0.5, 0.6) is 0 Å². The Kier molecular flexibility index (Phi) is 2.67. The lowest BCUT2D eigenvalue weighted by Gasteiger charge is -1.97. The van der Waals surface area contributed by atoms with Crippen molar-refractivity contribution in [3.05, 3.63) is 58.6 Å². The van der Waals surface area contributed by atoms with Crippen LogP contribution in [0.4, 0.5) is 4.39 Å². The van der Waals surface area contributed by atoms with Gasteiger partial charge in [-0.2, -0.15) is 0 Å². The lowest BCUT2D eigenvalue weighted by Crippen LogP contribution is -1.86. The van der Waals surface area contributed by atoms with Gasteiger partial charge in [-0.3, -0.25) is 0 Å². The molecule has 0 aliphatic carbocycles. The van der Waals surface area contributed by atoms with Crippen LogP contribution in [0.15, 0.2) is 47.2 Å². The maximum atomic E-state index is 13.2. The molecule has 0 unspecified atom stereocenters. The summed E-state index contributed by atoms with van der Waals surface area (Å²) in [7, 11) is 0. The van der Waals surface area contributed by atoms with Crippen LogP contribution in [0.3, 0.4) is 0 Å². The molecule has 0 radical (unpaired) electrons. The first-order chi connectivity index (χ1) is 8.63. The Balaban J connectivity index is 2.22. The van der Waals surface area contributed by atoms with Crippen LogP contribution in [0.1, 0.15) is 5.56 Å². The van der Waals surface area contributed by atoms with Crippen LogP contribution < -0.4 is 0 Å². The van der Waals surface area contributed by atoms with Gasteiger partial charge in [-0.1, -0.05) is 12.1 Å². The molecule has 0 N–H and O–H groups in total. The van der Waals surface area contributed by atoms with Crippen LogP contribution in [0.2, 0.25) is 0 Å². The lowest BCUT2D eigenvalue weighted by molar-refractivity contribution is 0.628. The van der Waals surface area contributed by atoms with Gasteiger partial charge in [-0.25, -0.2) is 9.37 Å². The summed E-state index contributed by atoms with van der Waals surface area (Å²) in [6, 6.07) is 8.48. The van der Waals surface area contributed by atoms with Gasteiger partial charge < -0.3 is 4.40 Å². The highest BCUT2D eigenvalue weighted by molar-refractivity contribution is 9.10. The molecular formula is C14H10BrFN2. The maximum absolute atomic E-state index is 13.2. The molecule has 0 bridgehead atoms. The van der Waals surface area contributed by atoms with Gasteiger partial charge in [-0.05, 0) is 46.6 Å². The zero-order valence-corrected chi connectivity index (χ0v) is 11.3. The topological polar surface area (TPSA) is 17.3 Å². The molecule has 0 aliphatic rings. The normalized spacial score (nSPS) is 11.1. The van der Waals surface area contributed by atoms with Crippen molar-refractivity contribution in [3.8, 4) is 11.3 Å². The highest BCUT2D eigenvalue weighted by Gasteiger charge is 2.07. The summed E-state index contributed by atoms with van der Waals surface area (Å²) in [5.41, 5.74) is 3.52. The summed E-state index contributed by atoms with van der Waals surface area (Å²) in [6.07, 6.45) is 3.85. The number of aryl methyl sites for hydroxylation is 1. The molecule has 4 heteroatoms. The number of pyridine rings is 1. The molecule has 2 nitrogen and oxygen atoms in total. The Morgan fingerprint density at radius 1 is 1.22 bits per heavy atom. The fraction of sp³-hybridized carbons (Fsp3) is 0.0714. The van der Waals surface area contributed by atoms with E-state index in [2.05, 4.69) is 20.9 Å². The summed E-state index contributed by atoms with van der Waals surface area (Å²) in [4.78, 5) is 4.54. The zero-order valence-electron chi connectivity index (χ0n) is 9.69. The second-order valence-corrected chi connectivity index (χ2v) is 5.12. The van der Waals surface area contributed by atoms with Gasteiger partial charge >= 0.3 is 0 Å². The van der Waals surface area contributed by atoms with Gasteiger partial charge in [0, 0.05) is 22.4 Å². The Hall–Kier alpha value is -1.68. The third kappa shape index (κ3) is 1.93. The quantitative estimate of drug-likeness (QED) is 0.658. The van der Waals surface area contributed by atoms with Crippen LogP contribution in [-0.2, 0) is 0 Å². The minimum atomic E-state index is -0.248. The molecule has 0 aliphatic heterocycles. The van der Waals surface area contributed by atoms with Crippen molar-refractivity contribution in [2.24, 2.45) is 0 Å². The third-order valence-electron chi connectivity index (χ3n) is 2.82. The van der Waals surface area contributed by atoms with Crippen molar-refractivity contribution in [2.75, 3.05) is 0 Å². The van der Waals surface area contributed by atoms with Crippen LogP contribution >= 0.6 is 15.9 Å². The van der Waals surface area contributed by atoms with Crippen molar-refractivity contribution in [1.82, 2.24) is 9.38 Å². The smallest absolute Gasteiger partial charge is 0.140 e. The molecule has 3 aromatic rings. The SMILES string of the molecule is Cc1cc(Br)cn2cc(-c3cccc(F)c3)nc12. The van der Waals surface area contributed by atoms with Crippen molar-refractivity contribution in [2.45, 2.75) is 6.92 Å². The first kappa shape index (κ1) is 11.4. The predicted molar refractivity (Wildman–Crippen MR) is 73.0 cm³/mol. The van der Waals surface area contributed by atoms with Crippen molar-refractivity contribution in [1.29, 1.82) is 0 Å². The molecule has 0 fully saturated rings. The molecule has 1 aromatic carbocycles. The number of imidazole rings is 1. The number of nitrogens with zero attached hydrogens (tertiary/aromatic N) is 2. The number of hydrogen-bond acceptors (Lipinski definition) is 1. The molecule has 90 valence electrons. The largest absolute Gasteiger partial charge is 0.305 e. The molecule has 0 saturated carbocycles. The van der Waals surface area contributed by atoms with Gasteiger partial charge in [0.1, 0.15) is 11.5 Å². The molecule has 3 rings (SSSR count). The van der Waals surface area contributed by atoms with Gasteiger partial charge in [0.25, 0.3) is 0 Å². The van der Waals surface area contributed by atoms with E-state index >= 15 is 0 Å². The molecule has 0 atom stereocenters. The standard InChI is InChI=1S/C14H10BrFN2/c1-9-5-11(15)7-18-8-13(17-14(9)18)10-3-2-4-12(16)6-10/h2-8H,1H3. The number of aromatic nitrogens is 2. The summed E-state index contributed by atoms with van der Waals surface area (Å²) in [6.45, 7) is 2.00. The van der Waals surface area contributed by atoms with Crippen molar-refractivity contribution in [3.63, 3.8) is 0 Å². The maximum Gasteiger partial charge on any atom is 0.140 e. The lowest BCUT2D eigenvalue weighted by atomic mass is 10.2. The van der Waals surface area contributed by atoms with E-state index in [0.29, 0.717) is 0 Å². The average molecular weight is 305 g/mol. The fourth-order valence-electron chi connectivity index (χ4n) is 2.01. The monoisotopic (exact) mass is 304 g/mol. The molecule has 2 aromatic heterocycles. The minimum Gasteiger partial charge on any atom is -0.305 e. The Bertz CT molecular complexity index is 734. The summed E-state index contributed by atoms with van der Waals surface area (Å²) in [5, 5.41) is 0. The number of halogens is 2. The van der Waals surface area contributed by atoms with Gasteiger partial charge in [0.05, 0.1) is 5.69 Å². The fourth-order valence-corrected chi connectivity index (χ4v) is 2.58. The van der Waals surface area contributed by atoms with E-state index < -0.39 is 0 Å². The van der Waals surface area contributed by atoms with E-state index in [1.807, 2.05) is 35.9 Å². The number of fused-ring (bicyclic) bond motifs is 1. The predicted octanol–water partition coefficient (Wildman–Crippen LogP) is 4.21. The second kappa shape index (κ2) is 4.21. The Morgan fingerprint density at radius 3 is 2.83 bits per heavy atom. The first-order valence-electron chi connectivity index (χ1n) is 5.54. The summed E-state index contributed by atoms with van der Waals surface area (Å²) in [5.74, 6) is -0.248. The third-order valence-corrected chi connectivity index (χ3v) is 3.26. The van der Waals surface area contributed by atoms with Gasteiger partial charge in [-0.15, -0.1) is 0 Å². The molecule has 0 spiro atoms. The van der Waals surface area contributed by atoms with Crippen LogP contribution in [0.25, 0.3) is 16.9 Å². The van der Waals surface area contributed by atoms with Crippen LogP contribution in [0, 0.1) is 12.7 Å². The number of rotatable bonds is 1. The number of benzene rings is 1. The minimum absolute atomic E-state index is 0.248. The van der Waals surface area contributed by atoms with E-state index in [1.54, 1.807) is 6.07 Å². The first-order valence-corrected chi connectivity index (χ1v) is 6.33. The summed E-state index contributed by atoms with van der Waals surface area (Å²) < 4.78 is 16.1. The zero-order chi connectivity index (χ0) is 12.7. The Morgan fingerprint density at radius 2 is 2.06 bits per heavy atom. The Labute approximate surface area is 112 Å². The molecular weight excluding hydrogens is 295 g/mol. The second-order valence-electron chi connectivity index (χ2n) is 4.21. The molecule has 0 saturated heterocycles. The van der Waals surface area contributed by atoms with E-state index in [0.717, 1.165) is 26.9 Å². The highest BCUT2D eigenvalue weighted by atomic mass is 79.9. The molecule has 2 heterocycles. The average Bonchev–Trinajstić information content (AvgIpc) is 2.73. The van der Waals surface area contributed by atoms with Crippen molar-refractivity contribution >= 4 is 21.6 Å². The number of hydrogen-bond donors (Lipinski definition) is 0. The molecule has 0 amide bonds. The van der Waals surface area contributed by atoms with E-state index in [1.165, 1.54) is 12.1 Å². The van der Waals surface area contributed by atoms with Crippen molar-refractivity contribution < 1.29 is 4.39 Å². The van der Waals surface area contributed by atoms with E-state index in [-0.39, 0.29) is 5.82 Å². The van der Waals surface area contributed by atoms with Crippen LogP contribution in [-0.4, -0.2) is 9.38 Å². The molecule has 18 heavy (non-hydrogen) atoms. The van der Waals surface area contributed by atoms with Gasteiger partial charge in [0.2, 0.25) is 0 Å². The van der Waals surface area contributed by atoms with Gasteiger partial charge in [0.15, 0.2) is 0 Å². The highest BCUT2D eigenvalue weighted by Crippen LogP contribution is 2.23. The summed E-state index contributed by atoms with van der Waals surface area (Å²) >= 11 is 3.45. The van der Waals surface area contributed by atoms with E-state index in [4.69, 9.17) is 0 Å². The van der Waals surface area contributed by atoms with E-state index in [9.17, 15) is 4.39 Å².